The Kier molecular flexibility index (Phi) is 4.88. The molecule has 134 valence electrons. The average Bonchev–Trinajstić information content (AvgIpc) is 2.96. The second kappa shape index (κ2) is 7.26. The van der Waals surface area contributed by atoms with Crippen molar-refractivity contribution in [3.63, 3.8) is 0 Å². The monoisotopic (exact) mass is 352 g/mol. The van der Waals surface area contributed by atoms with Crippen molar-refractivity contribution in [1.29, 1.82) is 0 Å². The maximum absolute atomic E-state index is 12.5. The van der Waals surface area contributed by atoms with Gasteiger partial charge >= 0.3 is 0 Å². The largest absolute Gasteiger partial charge is 0.493 e. The smallest absolute Gasteiger partial charge is 0.290 e. The van der Waals surface area contributed by atoms with Gasteiger partial charge in [0.25, 0.3) is 5.91 Å². The number of hydrazone groups is 1. The zero-order chi connectivity index (χ0) is 18.7. The fourth-order valence-electron chi connectivity index (χ4n) is 2.69. The lowest BCUT2D eigenvalue weighted by Gasteiger charge is -2.07. The summed E-state index contributed by atoms with van der Waals surface area (Å²) < 4.78 is 12.2. The van der Waals surface area contributed by atoms with Crippen molar-refractivity contribution in [2.75, 3.05) is 14.2 Å². The Bertz CT molecular complexity index is 992. The lowest BCUT2D eigenvalue weighted by Crippen LogP contribution is -2.20. The first-order valence-corrected chi connectivity index (χ1v) is 8.04. The minimum atomic E-state index is -0.324. The summed E-state index contributed by atoms with van der Waals surface area (Å²) in [7, 11) is 3.14. The predicted molar refractivity (Wildman–Crippen MR) is 99.3 cm³/mol. The van der Waals surface area contributed by atoms with Gasteiger partial charge in [-0.15, -0.1) is 0 Å². The molecular formula is C19H20N4O3. The molecule has 1 aromatic carbocycles. The highest BCUT2D eigenvalue weighted by molar-refractivity contribution is 5.95. The molecule has 3 rings (SSSR count). The van der Waals surface area contributed by atoms with Gasteiger partial charge in [-0.3, -0.25) is 9.20 Å². The highest BCUT2D eigenvalue weighted by Crippen LogP contribution is 2.26. The van der Waals surface area contributed by atoms with E-state index < -0.39 is 0 Å². The third-order valence-corrected chi connectivity index (χ3v) is 3.96. The van der Waals surface area contributed by atoms with Gasteiger partial charge in [-0.25, -0.2) is 10.4 Å². The number of hydrogen-bond donors (Lipinski definition) is 1. The van der Waals surface area contributed by atoms with Gasteiger partial charge < -0.3 is 9.47 Å². The second-order valence-corrected chi connectivity index (χ2v) is 5.79. The van der Waals surface area contributed by atoms with Gasteiger partial charge in [-0.2, -0.15) is 5.10 Å². The summed E-state index contributed by atoms with van der Waals surface area (Å²) in [6.07, 6.45) is 3.38. The van der Waals surface area contributed by atoms with E-state index in [2.05, 4.69) is 15.5 Å². The van der Waals surface area contributed by atoms with E-state index in [9.17, 15) is 4.79 Å². The van der Waals surface area contributed by atoms with Crippen molar-refractivity contribution in [3.8, 4) is 11.5 Å². The van der Waals surface area contributed by atoms with E-state index in [1.807, 2.05) is 31.3 Å². The number of ether oxygens (including phenoxy) is 2. The number of fused-ring (bicyclic) bond motifs is 1. The summed E-state index contributed by atoms with van der Waals surface area (Å²) in [5, 5.41) is 4.03. The van der Waals surface area contributed by atoms with E-state index in [1.54, 1.807) is 43.9 Å². The molecule has 0 unspecified atom stereocenters. The second-order valence-electron chi connectivity index (χ2n) is 5.79. The van der Waals surface area contributed by atoms with Crippen molar-refractivity contribution in [3.05, 3.63) is 59.0 Å². The Morgan fingerprint density at radius 1 is 1.15 bits per heavy atom. The summed E-state index contributed by atoms with van der Waals surface area (Å²) in [6.45, 7) is 3.78. The molecule has 1 amide bonds. The average molecular weight is 352 g/mol. The molecule has 0 aliphatic rings. The predicted octanol–water partition coefficient (Wildman–Crippen LogP) is 2.73. The minimum Gasteiger partial charge on any atom is -0.493 e. The van der Waals surface area contributed by atoms with Crippen LogP contribution in [-0.2, 0) is 0 Å². The zero-order valence-corrected chi connectivity index (χ0v) is 15.1. The first-order chi connectivity index (χ1) is 12.5. The number of aromatic nitrogens is 2. The van der Waals surface area contributed by atoms with Crippen LogP contribution < -0.4 is 14.9 Å². The van der Waals surface area contributed by atoms with Crippen molar-refractivity contribution in [2.45, 2.75) is 13.8 Å². The summed E-state index contributed by atoms with van der Waals surface area (Å²) >= 11 is 0. The number of methoxy groups -OCH3 is 2. The molecule has 0 fully saturated rings. The Labute approximate surface area is 151 Å². The first-order valence-electron chi connectivity index (χ1n) is 8.04. The number of nitrogens with one attached hydrogen (secondary N) is 1. The summed E-state index contributed by atoms with van der Waals surface area (Å²) in [6, 6.07) is 9.23. The number of amides is 1. The van der Waals surface area contributed by atoms with E-state index in [-0.39, 0.29) is 5.91 Å². The van der Waals surface area contributed by atoms with Crippen molar-refractivity contribution in [2.24, 2.45) is 5.10 Å². The molecule has 0 saturated heterocycles. The van der Waals surface area contributed by atoms with Crippen LogP contribution in [0.5, 0.6) is 11.5 Å². The van der Waals surface area contributed by atoms with Gasteiger partial charge in [0.15, 0.2) is 11.5 Å². The molecule has 7 nitrogen and oxygen atoms in total. The molecule has 0 radical (unpaired) electrons. The van der Waals surface area contributed by atoms with E-state index in [4.69, 9.17) is 9.47 Å². The zero-order valence-electron chi connectivity index (χ0n) is 15.1. The van der Waals surface area contributed by atoms with Gasteiger partial charge in [0.2, 0.25) is 0 Å². The number of carbonyl (C=O) groups excluding carboxylic acids is 1. The van der Waals surface area contributed by atoms with Crippen molar-refractivity contribution >= 4 is 17.8 Å². The van der Waals surface area contributed by atoms with Gasteiger partial charge in [0.05, 0.1) is 26.1 Å². The van der Waals surface area contributed by atoms with Gasteiger partial charge in [0.1, 0.15) is 11.3 Å². The number of rotatable bonds is 5. The van der Waals surface area contributed by atoms with E-state index in [0.717, 1.165) is 16.8 Å². The van der Waals surface area contributed by atoms with Crippen LogP contribution in [0.1, 0.15) is 27.3 Å². The third kappa shape index (κ3) is 3.37. The van der Waals surface area contributed by atoms with Crippen LogP contribution in [0.3, 0.4) is 0 Å². The molecule has 0 bridgehead atoms. The number of aryl methyl sites for hydroxylation is 2. The number of carbonyl (C=O) groups is 1. The minimum absolute atomic E-state index is 0.324. The van der Waals surface area contributed by atoms with Crippen LogP contribution in [-0.4, -0.2) is 35.7 Å². The molecule has 1 N–H and O–H groups in total. The molecule has 0 saturated carbocycles. The number of pyridine rings is 1. The van der Waals surface area contributed by atoms with Crippen LogP contribution in [0.4, 0.5) is 0 Å². The third-order valence-electron chi connectivity index (χ3n) is 3.96. The summed E-state index contributed by atoms with van der Waals surface area (Å²) in [4.78, 5) is 16.9. The Hall–Kier alpha value is -3.35. The van der Waals surface area contributed by atoms with Crippen LogP contribution in [0, 0.1) is 13.8 Å². The van der Waals surface area contributed by atoms with E-state index in [1.165, 1.54) is 0 Å². The maximum Gasteiger partial charge on any atom is 0.290 e. The van der Waals surface area contributed by atoms with Crippen LogP contribution in [0.2, 0.25) is 0 Å². The highest BCUT2D eigenvalue weighted by atomic mass is 16.5. The van der Waals surface area contributed by atoms with Crippen LogP contribution >= 0.6 is 0 Å². The van der Waals surface area contributed by atoms with Crippen molar-refractivity contribution in [1.82, 2.24) is 14.8 Å². The number of benzene rings is 1. The molecule has 0 atom stereocenters. The van der Waals surface area contributed by atoms with Gasteiger partial charge in [0, 0.05) is 6.20 Å². The summed E-state index contributed by atoms with van der Waals surface area (Å²) in [5.74, 6) is 0.900. The molecule has 0 aliphatic carbocycles. The van der Waals surface area contributed by atoms with Gasteiger partial charge in [-0.05, 0) is 55.3 Å². The number of imidazole rings is 1. The fourth-order valence-corrected chi connectivity index (χ4v) is 2.69. The normalized spacial score (nSPS) is 11.1. The Morgan fingerprint density at radius 2 is 1.92 bits per heavy atom. The topological polar surface area (TPSA) is 77.2 Å². The molecule has 0 aliphatic heterocycles. The van der Waals surface area contributed by atoms with E-state index in [0.29, 0.717) is 22.9 Å². The fraction of sp³-hybridized carbons (Fsp3) is 0.211. The van der Waals surface area contributed by atoms with Crippen LogP contribution in [0.25, 0.3) is 5.65 Å². The standard InChI is InChI=1S/C19H20N4O3/c1-12-7-8-23-17(9-12)21-13(2)18(23)19(24)22-20-11-14-5-6-15(25-3)16(10-14)26-4/h5-11H,1-4H3,(H,22,24)/b20-11+. The number of nitrogens with zero attached hydrogens (tertiary/aromatic N) is 3. The lowest BCUT2D eigenvalue weighted by molar-refractivity contribution is 0.0948. The SMILES string of the molecule is COc1ccc(/C=N/NC(=O)c2c(C)nc3cc(C)ccn23)cc1OC. The maximum atomic E-state index is 12.5. The Morgan fingerprint density at radius 3 is 2.65 bits per heavy atom. The lowest BCUT2D eigenvalue weighted by atomic mass is 10.2. The molecule has 0 spiro atoms. The quantitative estimate of drug-likeness (QED) is 0.566. The molecule has 2 heterocycles. The highest BCUT2D eigenvalue weighted by Gasteiger charge is 2.16. The van der Waals surface area contributed by atoms with Gasteiger partial charge in [-0.1, -0.05) is 0 Å². The first kappa shape index (κ1) is 17.5. The molecule has 7 heteroatoms. The van der Waals surface area contributed by atoms with Crippen molar-refractivity contribution < 1.29 is 14.3 Å². The summed E-state index contributed by atoms with van der Waals surface area (Å²) in [5.41, 5.74) is 6.24. The molecular weight excluding hydrogens is 332 g/mol. The Balaban J connectivity index is 1.79. The molecule has 2 aromatic heterocycles. The molecule has 26 heavy (non-hydrogen) atoms. The molecule has 3 aromatic rings. The van der Waals surface area contributed by atoms with E-state index >= 15 is 0 Å². The number of hydrogen-bond acceptors (Lipinski definition) is 5. The van der Waals surface area contributed by atoms with Crippen LogP contribution in [0.15, 0.2) is 41.6 Å².